The lowest BCUT2D eigenvalue weighted by atomic mass is 10.0. The molecule has 0 aliphatic carbocycles. The molecule has 1 N–H and O–H groups in total. The first kappa shape index (κ1) is 21.1. The van der Waals surface area contributed by atoms with Crippen LogP contribution in [0.1, 0.15) is 17.5 Å². The number of halogens is 2. The first-order valence-electron chi connectivity index (χ1n) is 9.16. The summed E-state index contributed by atoms with van der Waals surface area (Å²) in [6.07, 6.45) is 0.0375. The van der Waals surface area contributed by atoms with Gasteiger partial charge in [0.15, 0.2) is 0 Å². The van der Waals surface area contributed by atoms with Crippen molar-refractivity contribution in [2.45, 2.75) is 25.2 Å². The van der Waals surface area contributed by atoms with E-state index in [1.807, 2.05) is 48.5 Å². The third-order valence-electron chi connectivity index (χ3n) is 4.50. The molecule has 7 heteroatoms. The van der Waals surface area contributed by atoms with Gasteiger partial charge in [-0.15, -0.1) is 0 Å². The molecule has 3 rings (SSSR count). The zero-order chi connectivity index (χ0) is 19.9. The van der Waals surface area contributed by atoms with Crippen LogP contribution >= 0.6 is 23.2 Å². The van der Waals surface area contributed by atoms with Crippen molar-refractivity contribution in [2.24, 2.45) is 5.16 Å². The van der Waals surface area contributed by atoms with E-state index in [9.17, 15) is 5.11 Å². The Hall–Kier alpha value is -1.63. The number of benzene rings is 2. The summed E-state index contributed by atoms with van der Waals surface area (Å²) < 4.78 is 5.07. The van der Waals surface area contributed by atoms with Gasteiger partial charge >= 0.3 is 0 Å². The first-order valence-corrected chi connectivity index (χ1v) is 9.91. The highest BCUT2D eigenvalue weighted by Crippen LogP contribution is 2.21. The molecule has 2 aromatic rings. The molecule has 0 bridgehead atoms. The maximum atomic E-state index is 10.2. The minimum atomic E-state index is -0.581. The fourth-order valence-corrected chi connectivity index (χ4v) is 3.61. The molecule has 0 spiro atoms. The zero-order valence-electron chi connectivity index (χ0n) is 15.7. The van der Waals surface area contributed by atoms with Crippen molar-refractivity contribution in [3.05, 3.63) is 69.7 Å². The predicted molar refractivity (Wildman–Crippen MR) is 112 cm³/mol. The Kier molecular flexibility index (Phi) is 7.71. The van der Waals surface area contributed by atoms with Gasteiger partial charge in [0, 0.05) is 43.2 Å². The molecule has 1 heterocycles. The van der Waals surface area contributed by atoms with Gasteiger partial charge < -0.3 is 14.7 Å². The van der Waals surface area contributed by atoms with Gasteiger partial charge in [-0.3, -0.25) is 4.90 Å². The van der Waals surface area contributed by atoms with Crippen molar-refractivity contribution < 1.29 is 14.7 Å². The van der Waals surface area contributed by atoms with Gasteiger partial charge in [-0.25, -0.2) is 0 Å². The predicted octanol–water partition coefficient (Wildman–Crippen LogP) is 4.00. The van der Waals surface area contributed by atoms with Crippen LogP contribution in [0.5, 0.6) is 0 Å². The summed E-state index contributed by atoms with van der Waals surface area (Å²) in [5.74, 6) is 0. The normalized spacial score (nSPS) is 17.5. The van der Waals surface area contributed by atoms with Gasteiger partial charge in [0.2, 0.25) is 0 Å². The van der Waals surface area contributed by atoms with Crippen LogP contribution in [0.25, 0.3) is 0 Å². The Balaban J connectivity index is 1.63. The minimum Gasteiger partial charge on any atom is -0.390 e. The van der Waals surface area contributed by atoms with Crippen LogP contribution in [0.3, 0.4) is 0 Å². The van der Waals surface area contributed by atoms with Crippen molar-refractivity contribution in [1.82, 2.24) is 4.90 Å². The summed E-state index contributed by atoms with van der Waals surface area (Å²) in [6, 6.07) is 15.3. The fourth-order valence-electron chi connectivity index (χ4n) is 3.27. The fraction of sp³-hybridized carbons (Fsp3) is 0.381. The van der Waals surface area contributed by atoms with Crippen LogP contribution in [0.2, 0.25) is 10.0 Å². The summed E-state index contributed by atoms with van der Waals surface area (Å²) >= 11 is 12.1. The number of oxime groups is 1. The number of nitrogens with zero attached hydrogens (tertiary/aromatic N) is 2. The quantitative estimate of drug-likeness (QED) is 0.663. The SMILES string of the molecule is COC[C@@H](O)CN(Cc1cccc(Cl)c1)C[C@H]1CC(c2ccc(Cl)cc2)=NO1. The van der Waals surface area contributed by atoms with E-state index in [4.69, 9.17) is 32.8 Å². The van der Waals surface area contributed by atoms with Gasteiger partial charge in [0.05, 0.1) is 18.4 Å². The second kappa shape index (κ2) is 10.2. The molecule has 0 unspecified atom stereocenters. The van der Waals surface area contributed by atoms with Crippen LogP contribution in [0, 0.1) is 0 Å². The minimum absolute atomic E-state index is 0.0837. The average Bonchev–Trinajstić information content (AvgIpc) is 3.11. The van der Waals surface area contributed by atoms with E-state index in [-0.39, 0.29) is 12.7 Å². The lowest BCUT2D eigenvalue weighted by Gasteiger charge is -2.26. The lowest BCUT2D eigenvalue weighted by Crippen LogP contribution is -2.39. The molecular formula is C21H24Cl2N2O3. The lowest BCUT2D eigenvalue weighted by molar-refractivity contribution is 0.00922. The highest BCUT2D eigenvalue weighted by atomic mass is 35.5. The Bertz CT molecular complexity index is 798. The average molecular weight is 423 g/mol. The van der Waals surface area contributed by atoms with Gasteiger partial charge in [0.1, 0.15) is 6.10 Å². The number of aliphatic hydroxyl groups excluding tert-OH is 1. The van der Waals surface area contributed by atoms with Crippen molar-refractivity contribution in [3.63, 3.8) is 0 Å². The highest BCUT2D eigenvalue weighted by Gasteiger charge is 2.25. The molecule has 0 amide bonds. The molecule has 0 radical (unpaired) electrons. The van der Waals surface area contributed by atoms with Gasteiger partial charge in [0.25, 0.3) is 0 Å². The molecule has 1 aliphatic heterocycles. The largest absolute Gasteiger partial charge is 0.390 e. The van der Waals surface area contributed by atoms with Crippen LogP contribution in [0.4, 0.5) is 0 Å². The molecule has 2 atom stereocenters. The topological polar surface area (TPSA) is 54.3 Å². The molecular weight excluding hydrogens is 399 g/mol. The molecule has 2 aromatic carbocycles. The van der Waals surface area contributed by atoms with E-state index in [1.54, 1.807) is 7.11 Å². The summed E-state index contributed by atoms with van der Waals surface area (Å²) in [5.41, 5.74) is 2.99. The molecule has 28 heavy (non-hydrogen) atoms. The summed E-state index contributed by atoms with van der Waals surface area (Å²) in [4.78, 5) is 7.80. The van der Waals surface area contributed by atoms with Gasteiger partial charge in [-0.05, 0) is 35.4 Å². The molecule has 0 fully saturated rings. The molecule has 150 valence electrons. The van der Waals surface area contributed by atoms with Crippen molar-refractivity contribution in [2.75, 3.05) is 26.8 Å². The van der Waals surface area contributed by atoms with Crippen LogP contribution < -0.4 is 0 Å². The maximum absolute atomic E-state index is 10.2. The van der Waals surface area contributed by atoms with Gasteiger partial charge in [-0.2, -0.15) is 0 Å². The summed E-state index contributed by atoms with van der Waals surface area (Å²) in [7, 11) is 1.58. The Morgan fingerprint density at radius 1 is 1.21 bits per heavy atom. The molecule has 0 saturated carbocycles. The molecule has 5 nitrogen and oxygen atoms in total. The molecule has 0 aromatic heterocycles. The number of aliphatic hydroxyl groups is 1. The Morgan fingerprint density at radius 3 is 2.71 bits per heavy atom. The number of rotatable bonds is 9. The monoisotopic (exact) mass is 422 g/mol. The van der Waals surface area contributed by atoms with Crippen molar-refractivity contribution in [1.29, 1.82) is 0 Å². The van der Waals surface area contributed by atoms with Crippen molar-refractivity contribution >= 4 is 28.9 Å². The van der Waals surface area contributed by atoms with E-state index in [0.29, 0.717) is 36.1 Å². The number of ether oxygens (including phenoxy) is 1. The second-order valence-corrected chi connectivity index (χ2v) is 7.78. The summed E-state index contributed by atoms with van der Waals surface area (Å²) in [6.45, 7) is 2.03. The number of methoxy groups -OCH3 is 1. The third kappa shape index (κ3) is 6.19. The standard InChI is InChI=1S/C21H24Cl2N2O3/c1-27-14-19(26)12-25(11-15-3-2-4-18(23)9-15)13-20-10-21(24-28-20)16-5-7-17(22)8-6-16/h2-9,19-20,26H,10-14H2,1H3/t19-,20+/m0/s1. The van der Waals surface area contributed by atoms with Crippen LogP contribution in [-0.4, -0.2) is 54.7 Å². The van der Waals surface area contributed by atoms with E-state index in [0.717, 1.165) is 16.8 Å². The van der Waals surface area contributed by atoms with Gasteiger partial charge in [-0.1, -0.05) is 52.6 Å². The summed E-state index contributed by atoms with van der Waals surface area (Å²) in [5, 5.41) is 15.8. The third-order valence-corrected chi connectivity index (χ3v) is 4.98. The van der Waals surface area contributed by atoms with Crippen LogP contribution in [-0.2, 0) is 16.1 Å². The highest BCUT2D eigenvalue weighted by molar-refractivity contribution is 6.31. The van der Waals surface area contributed by atoms with E-state index >= 15 is 0 Å². The number of hydrogen-bond acceptors (Lipinski definition) is 5. The first-order chi connectivity index (χ1) is 13.5. The molecule has 0 saturated heterocycles. The number of hydrogen-bond donors (Lipinski definition) is 1. The second-order valence-electron chi connectivity index (χ2n) is 6.91. The molecule has 1 aliphatic rings. The van der Waals surface area contributed by atoms with E-state index in [1.165, 1.54) is 0 Å². The Morgan fingerprint density at radius 2 is 2.00 bits per heavy atom. The van der Waals surface area contributed by atoms with E-state index in [2.05, 4.69) is 10.1 Å². The van der Waals surface area contributed by atoms with Crippen molar-refractivity contribution in [3.8, 4) is 0 Å². The van der Waals surface area contributed by atoms with E-state index < -0.39 is 6.10 Å². The Labute approximate surface area is 175 Å². The van der Waals surface area contributed by atoms with Crippen LogP contribution in [0.15, 0.2) is 53.7 Å². The smallest absolute Gasteiger partial charge is 0.145 e. The maximum Gasteiger partial charge on any atom is 0.145 e. The zero-order valence-corrected chi connectivity index (χ0v) is 17.2.